The normalized spacial score (nSPS) is 13.2. The van der Waals surface area contributed by atoms with Gasteiger partial charge in [0.15, 0.2) is 0 Å². The molecule has 0 aliphatic heterocycles. The number of hydrogen-bond donors (Lipinski definition) is 0. The fraction of sp³-hybridized carbons (Fsp3) is 0.0943. The Morgan fingerprint density at radius 2 is 1.02 bits per heavy atom. The Morgan fingerprint density at radius 3 is 1.89 bits per heavy atom. The number of fused-ring (bicyclic) bond motifs is 11. The van der Waals surface area contributed by atoms with Crippen LogP contribution in [0.2, 0.25) is 0 Å². The van der Waals surface area contributed by atoms with Gasteiger partial charge in [0.2, 0.25) is 0 Å². The molecule has 1 aliphatic rings. The van der Waals surface area contributed by atoms with Gasteiger partial charge in [-0.1, -0.05) is 141 Å². The summed E-state index contributed by atoms with van der Waals surface area (Å²) in [5.74, 6) is 0. The summed E-state index contributed by atoms with van der Waals surface area (Å²) in [7, 11) is 0. The van der Waals surface area contributed by atoms with E-state index >= 15 is 0 Å². The molecule has 11 rings (SSSR count). The summed E-state index contributed by atoms with van der Waals surface area (Å²) < 4.78 is 6.44. The van der Waals surface area contributed by atoms with Crippen LogP contribution < -0.4 is 4.90 Å². The summed E-state index contributed by atoms with van der Waals surface area (Å²) in [5.41, 5.74) is 13.3. The molecule has 0 bridgehead atoms. The van der Waals surface area contributed by atoms with Crippen LogP contribution in [-0.2, 0) is 5.41 Å². The second-order valence-electron chi connectivity index (χ2n) is 15.1. The Balaban J connectivity index is 1.07. The van der Waals surface area contributed by atoms with Crippen molar-refractivity contribution in [3.8, 4) is 22.3 Å². The predicted octanol–water partition coefficient (Wildman–Crippen LogP) is 15.3. The number of nitrogens with zero attached hydrogens (tertiary/aromatic N) is 1. The zero-order chi connectivity index (χ0) is 36.7. The van der Waals surface area contributed by atoms with Crippen molar-refractivity contribution in [3.05, 3.63) is 187 Å². The monoisotopic (exact) mass is 705 g/mol. The third-order valence-electron chi connectivity index (χ3n) is 12.5. The van der Waals surface area contributed by atoms with E-state index in [1.165, 1.54) is 66.0 Å². The highest BCUT2D eigenvalue weighted by Crippen LogP contribution is 2.54. The molecule has 2 nitrogen and oxygen atoms in total. The van der Waals surface area contributed by atoms with E-state index in [2.05, 4.69) is 189 Å². The largest absolute Gasteiger partial charge is 0.455 e. The molecule has 0 saturated heterocycles. The lowest BCUT2D eigenvalue weighted by Gasteiger charge is -2.32. The third kappa shape index (κ3) is 4.68. The van der Waals surface area contributed by atoms with Crippen molar-refractivity contribution in [1.82, 2.24) is 0 Å². The minimum absolute atomic E-state index is 0.0145. The molecule has 0 radical (unpaired) electrons. The van der Waals surface area contributed by atoms with Gasteiger partial charge in [0, 0.05) is 38.6 Å². The quantitative estimate of drug-likeness (QED) is 0.160. The van der Waals surface area contributed by atoms with Crippen LogP contribution in [0.4, 0.5) is 17.1 Å². The minimum Gasteiger partial charge on any atom is -0.455 e. The lowest BCUT2D eigenvalue weighted by atomic mass is 9.74. The number of benzene rings is 9. The molecule has 0 unspecified atom stereocenters. The van der Waals surface area contributed by atoms with Crippen LogP contribution >= 0.6 is 0 Å². The fourth-order valence-corrected chi connectivity index (χ4v) is 9.76. The zero-order valence-electron chi connectivity index (χ0n) is 31.0. The molecule has 1 aliphatic carbocycles. The molecule has 0 fully saturated rings. The van der Waals surface area contributed by atoms with Gasteiger partial charge >= 0.3 is 0 Å². The SMILES string of the molecule is CCC1(CC)c2ccccc2-c2ccc(N(c3ccc(-c4cccc5c4ccc4c6ccccc6oc54)cc3)c3ccc4c(ccc5ccccc54)c3)cc21. The van der Waals surface area contributed by atoms with Gasteiger partial charge in [-0.2, -0.15) is 0 Å². The molecule has 0 amide bonds. The van der Waals surface area contributed by atoms with Crippen LogP contribution in [0, 0.1) is 0 Å². The van der Waals surface area contributed by atoms with Crippen molar-refractivity contribution in [2.24, 2.45) is 0 Å². The minimum atomic E-state index is -0.0145. The van der Waals surface area contributed by atoms with Gasteiger partial charge in [-0.15, -0.1) is 0 Å². The van der Waals surface area contributed by atoms with Gasteiger partial charge in [-0.25, -0.2) is 0 Å². The van der Waals surface area contributed by atoms with Crippen molar-refractivity contribution in [2.45, 2.75) is 32.1 Å². The number of anilines is 3. The van der Waals surface area contributed by atoms with Crippen molar-refractivity contribution in [2.75, 3.05) is 4.90 Å². The Hall–Kier alpha value is -6.64. The second kappa shape index (κ2) is 12.2. The van der Waals surface area contributed by atoms with Crippen molar-refractivity contribution in [1.29, 1.82) is 0 Å². The van der Waals surface area contributed by atoms with E-state index in [0.717, 1.165) is 51.5 Å². The lowest BCUT2D eigenvalue weighted by Crippen LogP contribution is -2.23. The van der Waals surface area contributed by atoms with Crippen LogP contribution in [0.5, 0.6) is 0 Å². The van der Waals surface area contributed by atoms with Crippen LogP contribution in [0.1, 0.15) is 37.8 Å². The Morgan fingerprint density at radius 1 is 0.418 bits per heavy atom. The van der Waals surface area contributed by atoms with E-state index < -0.39 is 0 Å². The third-order valence-corrected chi connectivity index (χ3v) is 12.5. The smallest absolute Gasteiger partial charge is 0.143 e. The Bertz CT molecular complexity index is 3130. The van der Waals surface area contributed by atoms with E-state index in [4.69, 9.17) is 4.42 Å². The Labute approximate surface area is 320 Å². The van der Waals surface area contributed by atoms with Gasteiger partial charge in [-0.05, 0) is 122 Å². The average Bonchev–Trinajstić information content (AvgIpc) is 3.77. The summed E-state index contributed by atoms with van der Waals surface area (Å²) >= 11 is 0. The van der Waals surface area contributed by atoms with Crippen LogP contribution in [0.3, 0.4) is 0 Å². The first-order valence-electron chi connectivity index (χ1n) is 19.5. The summed E-state index contributed by atoms with van der Waals surface area (Å²) in [6.45, 7) is 4.69. The van der Waals surface area contributed by atoms with Crippen LogP contribution in [0.15, 0.2) is 180 Å². The summed E-state index contributed by atoms with van der Waals surface area (Å²) in [6, 6.07) is 64.8. The number of rotatable bonds is 6. The molecule has 10 aromatic rings. The molecule has 1 heterocycles. The van der Waals surface area contributed by atoms with E-state index in [1.54, 1.807) is 0 Å². The fourth-order valence-electron chi connectivity index (χ4n) is 9.76. The molecule has 2 heteroatoms. The number of para-hydroxylation sites is 1. The molecule has 262 valence electrons. The molecule has 0 saturated carbocycles. The van der Waals surface area contributed by atoms with Crippen molar-refractivity contribution in [3.63, 3.8) is 0 Å². The van der Waals surface area contributed by atoms with Gasteiger partial charge in [0.1, 0.15) is 11.2 Å². The summed E-state index contributed by atoms with van der Waals surface area (Å²) in [5, 5.41) is 9.68. The Kier molecular flexibility index (Phi) is 7.06. The van der Waals surface area contributed by atoms with Crippen LogP contribution in [-0.4, -0.2) is 0 Å². The molecular formula is C53H39NO. The first-order chi connectivity index (χ1) is 27.1. The maximum atomic E-state index is 6.44. The van der Waals surface area contributed by atoms with Gasteiger partial charge in [-0.3, -0.25) is 0 Å². The lowest BCUT2D eigenvalue weighted by molar-refractivity contribution is 0.490. The molecule has 0 spiro atoms. The topological polar surface area (TPSA) is 16.4 Å². The standard InChI is InChI=1S/C53H39NO/c1-3-53(4-2)49-18-9-7-14-44(49)45-29-27-39(33-50(45)53)54(38-26-28-42-36(32-38)21-20-34-12-5-6-13-40(34)42)37-24-22-35(23-25-37)41-16-11-17-47-43(41)30-31-48-46-15-8-10-19-51(46)55-52(47)48/h5-33H,3-4H2,1-2H3. The predicted molar refractivity (Wildman–Crippen MR) is 233 cm³/mol. The molecular weight excluding hydrogens is 667 g/mol. The molecule has 0 atom stereocenters. The number of furan rings is 1. The maximum absolute atomic E-state index is 6.44. The highest BCUT2D eigenvalue weighted by molar-refractivity contribution is 6.17. The molecule has 9 aromatic carbocycles. The van der Waals surface area contributed by atoms with Gasteiger partial charge in [0.25, 0.3) is 0 Å². The second-order valence-corrected chi connectivity index (χ2v) is 15.1. The maximum Gasteiger partial charge on any atom is 0.143 e. The summed E-state index contributed by atoms with van der Waals surface area (Å²) in [6.07, 6.45) is 2.11. The van der Waals surface area contributed by atoms with Crippen molar-refractivity contribution < 1.29 is 4.42 Å². The van der Waals surface area contributed by atoms with E-state index in [0.29, 0.717) is 0 Å². The molecule has 55 heavy (non-hydrogen) atoms. The van der Waals surface area contributed by atoms with Gasteiger partial charge in [0.05, 0.1) is 0 Å². The first-order valence-corrected chi connectivity index (χ1v) is 19.5. The zero-order valence-corrected chi connectivity index (χ0v) is 31.0. The van der Waals surface area contributed by atoms with Crippen molar-refractivity contribution >= 4 is 71.3 Å². The average molecular weight is 706 g/mol. The highest BCUT2D eigenvalue weighted by atomic mass is 16.3. The van der Waals surface area contributed by atoms with E-state index in [-0.39, 0.29) is 5.41 Å². The van der Waals surface area contributed by atoms with Gasteiger partial charge < -0.3 is 9.32 Å². The highest BCUT2D eigenvalue weighted by Gasteiger charge is 2.40. The first kappa shape index (κ1) is 31.8. The number of hydrogen-bond acceptors (Lipinski definition) is 2. The van der Waals surface area contributed by atoms with Crippen LogP contribution in [0.25, 0.3) is 76.5 Å². The summed E-state index contributed by atoms with van der Waals surface area (Å²) in [4.78, 5) is 2.44. The molecule has 0 N–H and O–H groups in total. The molecule has 1 aromatic heterocycles. The van der Waals surface area contributed by atoms with E-state index in [1.807, 2.05) is 6.07 Å². The van der Waals surface area contributed by atoms with E-state index in [9.17, 15) is 0 Å².